The third-order valence-electron chi connectivity index (χ3n) is 3.31. The monoisotopic (exact) mass is 209 g/mol. The van der Waals surface area contributed by atoms with Crippen molar-refractivity contribution in [3.8, 4) is 11.8 Å². The van der Waals surface area contributed by atoms with Crippen LogP contribution in [0.5, 0.6) is 0 Å². The van der Waals surface area contributed by atoms with Crippen molar-refractivity contribution >= 4 is 0 Å². The second-order valence-corrected chi connectivity index (χ2v) is 4.30. The quantitative estimate of drug-likeness (QED) is 0.722. The average molecular weight is 209 g/mol. The summed E-state index contributed by atoms with van der Waals surface area (Å²) in [6.07, 6.45) is 6.78. The van der Waals surface area contributed by atoms with Gasteiger partial charge in [0.05, 0.1) is 5.60 Å². The molecule has 1 aliphatic carbocycles. The van der Waals surface area contributed by atoms with Crippen molar-refractivity contribution < 1.29 is 4.74 Å². The molecule has 0 amide bonds. The van der Waals surface area contributed by atoms with Crippen LogP contribution in [0.15, 0.2) is 0 Å². The smallest absolute Gasteiger partial charge is 0.0841 e. The highest BCUT2D eigenvalue weighted by atomic mass is 16.5. The van der Waals surface area contributed by atoms with Gasteiger partial charge in [0.15, 0.2) is 0 Å². The molecule has 0 bridgehead atoms. The Bertz CT molecular complexity index is 227. The fourth-order valence-corrected chi connectivity index (χ4v) is 2.46. The molecule has 1 atom stereocenters. The molecule has 1 unspecified atom stereocenters. The van der Waals surface area contributed by atoms with Gasteiger partial charge >= 0.3 is 0 Å². The molecule has 1 fully saturated rings. The summed E-state index contributed by atoms with van der Waals surface area (Å²) in [5.41, 5.74) is 6.14. The zero-order chi connectivity index (χ0) is 11.1. The van der Waals surface area contributed by atoms with E-state index in [4.69, 9.17) is 10.5 Å². The van der Waals surface area contributed by atoms with Gasteiger partial charge in [0.1, 0.15) is 0 Å². The lowest BCUT2D eigenvalue weighted by atomic mass is 9.78. The van der Waals surface area contributed by atoms with Crippen molar-refractivity contribution in [1.82, 2.24) is 0 Å². The summed E-state index contributed by atoms with van der Waals surface area (Å²) in [5.74, 6) is 5.98. The maximum atomic E-state index is 6.23. The molecule has 0 radical (unpaired) electrons. The van der Waals surface area contributed by atoms with Gasteiger partial charge < -0.3 is 10.5 Å². The molecule has 0 saturated heterocycles. The van der Waals surface area contributed by atoms with Crippen LogP contribution in [-0.2, 0) is 4.74 Å². The predicted molar refractivity (Wildman–Crippen MR) is 63.5 cm³/mol. The molecule has 1 aliphatic rings. The fraction of sp³-hybridized carbons (Fsp3) is 0.846. The van der Waals surface area contributed by atoms with Crippen molar-refractivity contribution in [2.75, 3.05) is 6.61 Å². The molecule has 0 aromatic rings. The van der Waals surface area contributed by atoms with E-state index in [0.29, 0.717) is 0 Å². The van der Waals surface area contributed by atoms with Crippen LogP contribution in [0.4, 0.5) is 0 Å². The lowest BCUT2D eigenvalue weighted by molar-refractivity contribution is -0.0808. The molecule has 86 valence electrons. The van der Waals surface area contributed by atoms with Crippen LogP contribution in [0.3, 0.4) is 0 Å². The van der Waals surface area contributed by atoms with Gasteiger partial charge in [-0.15, -0.1) is 11.8 Å². The molecule has 0 aromatic heterocycles. The summed E-state index contributed by atoms with van der Waals surface area (Å²) in [6.45, 7) is 4.67. The maximum absolute atomic E-state index is 6.23. The predicted octanol–water partition coefficient (Wildman–Crippen LogP) is 2.47. The normalized spacial score (nSPS) is 21.5. The SMILES string of the molecule is CC#CCC(N)C1(OCC)CCCCC1. The van der Waals surface area contributed by atoms with Crippen LogP contribution < -0.4 is 5.73 Å². The minimum absolute atomic E-state index is 0.0743. The largest absolute Gasteiger partial charge is 0.374 e. The first kappa shape index (κ1) is 12.5. The molecule has 1 saturated carbocycles. The summed E-state index contributed by atoms with van der Waals surface area (Å²) in [4.78, 5) is 0. The standard InChI is InChI=1S/C13H23NO/c1-3-5-9-12(14)13(15-4-2)10-7-6-8-11-13/h12H,4,6-11,14H2,1-2H3. The van der Waals surface area contributed by atoms with Crippen LogP contribution in [0.25, 0.3) is 0 Å². The van der Waals surface area contributed by atoms with E-state index >= 15 is 0 Å². The van der Waals surface area contributed by atoms with E-state index in [1.807, 2.05) is 6.92 Å². The summed E-state index contributed by atoms with van der Waals surface area (Å²) in [7, 11) is 0. The molecule has 0 aliphatic heterocycles. The van der Waals surface area contributed by atoms with E-state index in [1.165, 1.54) is 19.3 Å². The van der Waals surface area contributed by atoms with Gasteiger partial charge in [-0.25, -0.2) is 0 Å². The molecule has 2 N–H and O–H groups in total. The average Bonchev–Trinajstić information content (AvgIpc) is 2.27. The van der Waals surface area contributed by atoms with E-state index in [2.05, 4.69) is 18.8 Å². The van der Waals surface area contributed by atoms with Crippen molar-refractivity contribution in [1.29, 1.82) is 0 Å². The number of hydrogen-bond acceptors (Lipinski definition) is 2. The van der Waals surface area contributed by atoms with Gasteiger partial charge in [-0.05, 0) is 26.7 Å². The Kier molecular flexibility index (Phi) is 5.14. The van der Waals surface area contributed by atoms with Gasteiger partial charge in [0, 0.05) is 19.1 Å². The van der Waals surface area contributed by atoms with E-state index < -0.39 is 0 Å². The maximum Gasteiger partial charge on any atom is 0.0841 e. The number of nitrogens with two attached hydrogens (primary N) is 1. The minimum Gasteiger partial charge on any atom is -0.374 e. The minimum atomic E-state index is -0.0865. The highest BCUT2D eigenvalue weighted by molar-refractivity contribution is 5.04. The van der Waals surface area contributed by atoms with Gasteiger partial charge in [-0.2, -0.15) is 0 Å². The molecule has 2 nitrogen and oxygen atoms in total. The summed E-state index contributed by atoms with van der Waals surface area (Å²) in [5, 5.41) is 0. The highest BCUT2D eigenvalue weighted by Gasteiger charge is 2.38. The summed E-state index contributed by atoms with van der Waals surface area (Å²) in [6, 6.07) is 0.0743. The number of rotatable bonds is 4. The second kappa shape index (κ2) is 6.15. The van der Waals surface area contributed by atoms with Gasteiger partial charge in [0.25, 0.3) is 0 Å². The lowest BCUT2D eigenvalue weighted by Gasteiger charge is -2.41. The van der Waals surface area contributed by atoms with Crippen molar-refractivity contribution in [3.63, 3.8) is 0 Å². The van der Waals surface area contributed by atoms with Crippen LogP contribution in [-0.4, -0.2) is 18.2 Å². The van der Waals surface area contributed by atoms with E-state index in [1.54, 1.807) is 0 Å². The van der Waals surface area contributed by atoms with E-state index in [9.17, 15) is 0 Å². The zero-order valence-corrected chi connectivity index (χ0v) is 10.0. The third kappa shape index (κ3) is 3.22. The van der Waals surface area contributed by atoms with Crippen molar-refractivity contribution in [2.45, 2.75) is 64.0 Å². The molecular formula is C13H23NO. The van der Waals surface area contributed by atoms with Gasteiger partial charge in [0.2, 0.25) is 0 Å². The first-order valence-electron chi connectivity index (χ1n) is 6.04. The topological polar surface area (TPSA) is 35.2 Å². The Labute approximate surface area is 93.6 Å². The lowest BCUT2D eigenvalue weighted by Crippen LogP contribution is -2.51. The Morgan fingerprint density at radius 2 is 2.00 bits per heavy atom. The molecule has 2 heteroatoms. The molecule has 0 aromatic carbocycles. The summed E-state index contributed by atoms with van der Waals surface area (Å²) >= 11 is 0. The van der Waals surface area contributed by atoms with Crippen LogP contribution in [0, 0.1) is 11.8 Å². The van der Waals surface area contributed by atoms with E-state index in [-0.39, 0.29) is 11.6 Å². The number of hydrogen-bond donors (Lipinski definition) is 1. The van der Waals surface area contributed by atoms with Gasteiger partial charge in [-0.1, -0.05) is 19.3 Å². The second-order valence-electron chi connectivity index (χ2n) is 4.30. The zero-order valence-electron chi connectivity index (χ0n) is 10.0. The molecule has 15 heavy (non-hydrogen) atoms. The Morgan fingerprint density at radius 3 is 2.53 bits per heavy atom. The van der Waals surface area contributed by atoms with E-state index in [0.717, 1.165) is 25.9 Å². The Hall–Kier alpha value is -0.520. The molecule has 0 heterocycles. The van der Waals surface area contributed by atoms with Crippen molar-refractivity contribution in [3.05, 3.63) is 0 Å². The van der Waals surface area contributed by atoms with Crippen LogP contribution in [0.2, 0.25) is 0 Å². The summed E-state index contributed by atoms with van der Waals surface area (Å²) < 4.78 is 5.94. The Balaban J connectivity index is 2.63. The third-order valence-corrected chi connectivity index (χ3v) is 3.31. The fourth-order valence-electron chi connectivity index (χ4n) is 2.46. The first-order valence-corrected chi connectivity index (χ1v) is 6.04. The Morgan fingerprint density at radius 1 is 1.33 bits per heavy atom. The van der Waals surface area contributed by atoms with Crippen molar-refractivity contribution in [2.24, 2.45) is 5.73 Å². The van der Waals surface area contributed by atoms with Gasteiger partial charge in [-0.3, -0.25) is 0 Å². The molecule has 0 spiro atoms. The molecule has 1 rings (SSSR count). The molecular weight excluding hydrogens is 186 g/mol. The number of ether oxygens (including phenoxy) is 1. The highest BCUT2D eigenvalue weighted by Crippen LogP contribution is 2.34. The van der Waals surface area contributed by atoms with Crippen LogP contribution in [0.1, 0.15) is 52.4 Å². The van der Waals surface area contributed by atoms with Crippen LogP contribution >= 0.6 is 0 Å². The first-order chi connectivity index (χ1) is 7.25.